The van der Waals surface area contributed by atoms with Gasteiger partial charge in [0.15, 0.2) is 5.60 Å². The minimum absolute atomic E-state index is 0.144. The van der Waals surface area contributed by atoms with Crippen molar-refractivity contribution in [1.82, 2.24) is 0 Å². The third-order valence-electron chi connectivity index (χ3n) is 4.40. The highest BCUT2D eigenvalue weighted by Crippen LogP contribution is 2.30. The number of benzene rings is 2. The molecule has 0 spiro atoms. The lowest BCUT2D eigenvalue weighted by Crippen LogP contribution is -2.44. The lowest BCUT2D eigenvalue weighted by atomic mass is 9.83. The van der Waals surface area contributed by atoms with Crippen LogP contribution in [0.5, 0.6) is 0 Å². The van der Waals surface area contributed by atoms with Crippen molar-refractivity contribution in [2.24, 2.45) is 0 Å². The molecule has 2 N–H and O–H groups in total. The molecule has 4 nitrogen and oxygen atoms in total. The first-order valence-corrected chi connectivity index (χ1v) is 7.63. The minimum Gasteiger partial charge on any atom is -0.459 e. The second-order valence-electron chi connectivity index (χ2n) is 5.98. The molecule has 0 amide bonds. The zero-order valence-electron chi connectivity index (χ0n) is 12.4. The fraction of sp³-hybridized carbons (Fsp3) is 0.389. The number of rotatable bonds is 3. The number of ether oxygens (including phenoxy) is 1. The van der Waals surface area contributed by atoms with E-state index in [0.717, 1.165) is 16.3 Å². The molecule has 4 heteroatoms. The standard InChI is InChI=1S/C18H20O4/c19-15-8-10-18(21,11-9-15)17(20)22-12-14-6-3-5-13-4-1-2-7-16(13)14/h1-7,15,19,21H,8-12H2/t15-,18+. The van der Waals surface area contributed by atoms with Crippen molar-refractivity contribution in [2.75, 3.05) is 0 Å². The van der Waals surface area contributed by atoms with Crippen LogP contribution in [0.25, 0.3) is 10.8 Å². The second-order valence-corrected chi connectivity index (χ2v) is 5.98. The molecule has 116 valence electrons. The molecule has 0 bridgehead atoms. The molecule has 2 aromatic carbocycles. The van der Waals surface area contributed by atoms with E-state index in [1.165, 1.54) is 0 Å². The largest absolute Gasteiger partial charge is 0.459 e. The summed E-state index contributed by atoms with van der Waals surface area (Å²) in [5.74, 6) is -0.590. The summed E-state index contributed by atoms with van der Waals surface area (Å²) in [5.41, 5.74) is -0.532. The Labute approximate surface area is 129 Å². The number of esters is 1. The lowest BCUT2D eigenvalue weighted by Gasteiger charge is -2.31. The number of hydrogen-bond acceptors (Lipinski definition) is 4. The summed E-state index contributed by atoms with van der Waals surface area (Å²) in [6, 6.07) is 13.8. The van der Waals surface area contributed by atoms with E-state index in [9.17, 15) is 15.0 Å². The maximum absolute atomic E-state index is 12.2. The predicted molar refractivity (Wildman–Crippen MR) is 83.2 cm³/mol. The predicted octanol–water partition coefficient (Wildman–Crippen LogP) is 2.55. The molecule has 1 saturated carbocycles. The summed E-state index contributed by atoms with van der Waals surface area (Å²) in [5, 5.41) is 22.0. The Bertz CT molecular complexity index is 666. The zero-order valence-corrected chi connectivity index (χ0v) is 12.4. The van der Waals surface area contributed by atoms with E-state index >= 15 is 0 Å². The van der Waals surface area contributed by atoms with Gasteiger partial charge in [-0.15, -0.1) is 0 Å². The minimum atomic E-state index is -1.45. The monoisotopic (exact) mass is 300 g/mol. The molecule has 0 atom stereocenters. The molecule has 2 aromatic rings. The second kappa shape index (κ2) is 6.07. The van der Waals surface area contributed by atoms with Gasteiger partial charge in [0.25, 0.3) is 0 Å². The van der Waals surface area contributed by atoms with E-state index in [4.69, 9.17) is 4.74 Å². The van der Waals surface area contributed by atoms with E-state index in [-0.39, 0.29) is 19.4 Å². The van der Waals surface area contributed by atoms with Crippen molar-refractivity contribution in [3.63, 3.8) is 0 Å². The number of aliphatic hydroxyl groups excluding tert-OH is 1. The summed E-state index contributed by atoms with van der Waals surface area (Å²) in [6.07, 6.45) is 0.941. The fourth-order valence-corrected chi connectivity index (χ4v) is 2.98. The average Bonchev–Trinajstić information content (AvgIpc) is 2.55. The van der Waals surface area contributed by atoms with Gasteiger partial charge in [-0.2, -0.15) is 0 Å². The first-order chi connectivity index (χ1) is 10.6. The van der Waals surface area contributed by atoms with Crippen LogP contribution in [-0.2, 0) is 16.1 Å². The van der Waals surface area contributed by atoms with Crippen LogP contribution >= 0.6 is 0 Å². The van der Waals surface area contributed by atoms with Crippen molar-refractivity contribution < 1.29 is 19.7 Å². The number of aliphatic hydroxyl groups is 2. The van der Waals surface area contributed by atoms with Gasteiger partial charge in [0.05, 0.1) is 6.10 Å². The molecule has 0 saturated heterocycles. The Morgan fingerprint density at radius 3 is 2.59 bits per heavy atom. The molecule has 3 rings (SSSR count). The average molecular weight is 300 g/mol. The highest BCUT2D eigenvalue weighted by atomic mass is 16.5. The SMILES string of the molecule is O=C(OCc1cccc2ccccc12)[C@]1(O)CC[C@@H](O)CC1. The summed E-state index contributed by atoms with van der Waals surface area (Å²) < 4.78 is 5.34. The van der Waals surface area contributed by atoms with E-state index in [1.54, 1.807) is 0 Å². The summed E-state index contributed by atoms with van der Waals surface area (Å²) in [4.78, 5) is 12.2. The van der Waals surface area contributed by atoms with Crippen LogP contribution in [0.2, 0.25) is 0 Å². The topological polar surface area (TPSA) is 66.8 Å². The third-order valence-corrected chi connectivity index (χ3v) is 4.40. The van der Waals surface area contributed by atoms with Gasteiger partial charge in [-0.1, -0.05) is 42.5 Å². The first kappa shape index (κ1) is 15.0. The quantitative estimate of drug-likeness (QED) is 0.855. The Kier molecular flexibility index (Phi) is 4.14. The number of hydrogen-bond donors (Lipinski definition) is 2. The molecule has 1 aliphatic carbocycles. The Hall–Kier alpha value is -1.91. The van der Waals surface area contributed by atoms with Crippen molar-refractivity contribution in [2.45, 2.75) is 44.0 Å². The summed E-state index contributed by atoms with van der Waals surface area (Å²) >= 11 is 0. The van der Waals surface area contributed by atoms with E-state index in [2.05, 4.69) is 0 Å². The van der Waals surface area contributed by atoms with Gasteiger partial charge in [0, 0.05) is 0 Å². The Balaban J connectivity index is 1.70. The number of fused-ring (bicyclic) bond motifs is 1. The van der Waals surface area contributed by atoms with Crippen molar-refractivity contribution in [3.8, 4) is 0 Å². The van der Waals surface area contributed by atoms with Crippen molar-refractivity contribution in [1.29, 1.82) is 0 Å². The van der Waals surface area contributed by atoms with Crippen molar-refractivity contribution >= 4 is 16.7 Å². The first-order valence-electron chi connectivity index (χ1n) is 7.63. The molecule has 22 heavy (non-hydrogen) atoms. The van der Waals surface area contributed by atoms with Crippen LogP contribution in [-0.4, -0.2) is 27.9 Å². The normalized spacial score (nSPS) is 25.1. The van der Waals surface area contributed by atoms with E-state index in [1.807, 2.05) is 42.5 Å². The van der Waals surface area contributed by atoms with Gasteiger partial charge < -0.3 is 14.9 Å². The van der Waals surface area contributed by atoms with Gasteiger partial charge in [0.2, 0.25) is 0 Å². The van der Waals surface area contributed by atoms with Crippen LogP contribution in [0.15, 0.2) is 42.5 Å². The molecule has 0 heterocycles. The highest BCUT2D eigenvalue weighted by Gasteiger charge is 2.40. The van der Waals surface area contributed by atoms with Gasteiger partial charge in [-0.05, 0) is 42.0 Å². The Morgan fingerprint density at radius 2 is 1.82 bits per heavy atom. The van der Waals surface area contributed by atoms with Crippen LogP contribution in [0.3, 0.4) is 0 Å². The molecule has 0 aliphatic heterocycles. The third kappa shape index (κ3) is 2.98. The Morgan fingerprint density at radius 1 is 1.14 bits per heavy atom. The fourth-order valence-electron chi connectivity index (χ4n) is 2.98. The van der Waals surface area contributed by atoms with Crippen LogP contribution < -0.4 is 0 Å². The molecule has 0 aromatic heterocycles. The van der Waals surface area contributed by atoms with Crippen LogP contribution in [0.1, 0.15) is 31.2 Å². The molecular formula is C18H20O4. The van der Waals surface area contributed by atoms with Gasteiger partial charge >= 0.3 is 5.97 Å². The zero-order chi connectivity index (χ0) is 15.6. The maximum Gasteiger partial charge on any atom is 0.338 e. The maximum atomic E-state index is 12.2. The van der Waals surface area contributed by atoms with Crippen molar-refractivity contribution in [3.05, 3.63) is 48.0 Å². The smallest absolute Gasteiger partial charge is 0.338 e. The van der Waals surface area contributed by atoms with Gasteiger partial charge in [-0.25, -0.2) is 4.79 Å². The van der Waals surface area contributed by atoms with E-state index < -0.39 is 17.7 Å². The summed E-state index contributed by atoms with van der Waals surface area (Å²) in [7, 11) is 0. The van der Waals surface area contributed by atoms with Gasteiger partial charge in [0.1, 0.15) is 6.61 Å². The highest BCUT2D eigenvalue weighted by molar-refractivity contribution is 5.86. The molecule has 0 unspecified atom stereocenters. The van der Waals surface area contributed by atoms with E-state index in [0.29, 0.717) is 12.8 Å². The summed E-state index contributed by atoms with van der Waals surface area (Å²) in [6.45, 7) is 0.144. The van der Waals surface area contributed by atoms with Crippen LogP contribution in [0.4, 0.5) is 0 Å². The van der Waals surface area contributed by atoms with Crippen LogP contribution in [0, 0.1) is 0 Å². The molecule has 0 radical (unpaired) electrons. The molecule has 1 fully saturated rings. The lowest BCUT2D eigenvalue weighted by molar-refractivity contribution is -0.172. The molecular weight excluding hydrogens is 280 g/mol. The number of carbonyl (C=O) groups excluding carboxylic acids is 1. The molecule has 1 aliphatic rings. The number of carbonyl (C=O) groups is 1. The van der Waals surface area contributed by atoms with Gasteiger partial charge in [-0.3, -0.25) is 0 Å².